The molecule has 1 spiro atoms. The van der Waals surface area contributed by atoms with Crippen LogP contribution in [0, 0.1) is 0 Å². The van der Waals surface area contributed by atoms with E-state index in [0.717, 1.165) is 38.6 Å². The fourth-order valence-electron chi connectivity index (χ4n) is 9.37. The van der Waals surface area contributed by atoms with Gasteiger partial charge in [-0.05, 0) is 73.5 Å². The highest BCUT2D eigenvalue weighted by Crippen LogP contribution is 2.62. The lowest BCUT2D eigenvalue weighted by molar-refractivity contribution is 0.669. The molecule has 10 aromatic rings. The van der Waals surface area contributed by atoms with Gasteiger partial charge in [-0.15, -0.1) is 0 Å². The number of furan rings is 1. The number of hydrogen-bond acceptors (Lipinski definition) is 4. The quantitative estimate of drug-likeness (QED) is 0.185. The highest BCUT2D eigenvalue weighted by atomic mass is 16.3. The van der Waals surface area contributed by atoms with Gasteiger partial charge in [0.15, 0.2) is 17.5 Å². The monoisotopic (exact) mass is 687 g/mol. The summed E-state index contributed by atoms with van der Waals surface area (Å²) in [5.41, 5.74) is 14.0. The van der Waals surface area contributed by atoms with Crippen molar-refractivity contribution < 1.29 is 4.42 Å². The van der Waals surface area contributed by atoms with Gasteiger partial charge < -0.3 is 4.42 Å². The molecule has 0 bridgehead atoms. The highest BCUT2D eigenvalue weighted by molar-refractivity contribution is 6.12. The minimum Gasteiger partial charge on any atom is -0.456 e. The van der Waals surface area contributed by atoms with Gasteiger partial charge in [-0.25, -0.2) is 15.0 Å². The molecule has 54 heavy (non-hydrogen) atoms. The van der Waals surface area contributed by atoms with E-state index in [1.54, 1.807) is 0 Å². The summed E-state index contributed by atoms with van der Waals surface area (Å²) in [6, 6.07) is 62.6. The van der Waals surface area contributed by atoms with Gasteiger partial charge in [-0.1, -0.05) is 158 Å². The number of aromatic nitrogens is 3. The molecule has 0 radical (unpaired) electrons. The van der Waals surface area contributed by atoms with Crippen molar-refractivity contribution in [2.45, 2.75) is 5.41 Å². The lowest BCUT2D eigenvalue weighted by Crippen LogP contribution is -2.31. The summed E-state index contributed by atoms with van der Waals surface area (Å²) >= 11 is 0. The average Bonchev–Trinajstić information content (AvgIpc) is 3.77. The Labute approximate surface area is 311 Å². The number of hydrogen-bond donors (Lipinski definition) is 0. The Morgan fingerprint density at radius 2 is 0.926 bits per heavy atom. The molecule has 1 unspecified atom stereocenters. The van der Waals surface area contributed by atoms with Crippen LogP contribution in [-0.4, -0.2) is 15.0 Å². The van der Waals surface area contributed by atoms with E-state index in [1.807, 2.05) is 48.5 Å². The normalized spacial score (nSPS) is 15.1. The molecule has 2 aliphatic rings. The second-order valence-electron chi connectivity index (χ2n) is 14.3. The molecule has 4 nitrogen and oxygen atoms in total. The number of nitrogens with zero attached hydrogens (tertiary/aromatic N) is 3. The van der Waals surface area contributed by atoms with Crippen LogP contribution in [0.15, 0.2) is 180 Å². The van der Waals surface area contributed by atoms with Crippen LogP contribution in [-0.2, 0) is 5.41 Å². The van der Waals surface area contributed by atoms with E-state index in [2.05, 4.69) is 127 Å². The van der Waals surface area contributed by atoms with Crippen LogP contribution in [0.1, 0.15) is 22.3 Å². The van der Waals surface area contributed by atoms with E-state index in [1.165, 1.54) is 55.3 Å². The molecule has 0 saturated heterocycles. The fraction of sp³-hybridized carbons (Fsp3) is 0.0200. The van der Waals surface area contributed by atoms with Crippen molar-refractivity contribution in [2.75, 3.05) is 0 Å². The third-order valence-electron chi connectivity index (χ3n) is 11.5. The first-order valence-corrected chi connectivity index (χ1v) is 18.4. The van der Waals surface area contributed by atoms with Crippen molar-refractivity contribution in [2.24, 2.45) is 0 Å². The van der Waals surface area contributed by atoms with Crippen LogP contribution < -0.4 is 0 Å². The third-order valence-corrected chi connectivity index (χ3v) is 11.5. The Bertz CT molecular complexity index is 3170. The Morgan fingerprint density at radius 1 is 0.352 bits per heavy atom. The summed E-state index contributed by atoms with van der Waals surface area (Å²) < 4.78 is 6.30. The van der Waals surface area contributed by atoms with Gasteiger partial charge in [0.1, 0.15) is 11.2 Å². The molecule has 12 rings (SSSR count). The first-order valence-electron chi connectivity index (χ1n) is 18.4. The minimum absolute atomic E-state index is 0.536. The zero-order chi connectivity index (χ0) is 35.4. The van der Waals surface area contributed by atoms with E-state index < -0.39 is 5.41 Å². The summed E-state index contributed by atoms with van der Waals surface area (Å²) in [6.07, 6.45) is 0. The van der Waals surface area contributed by atoms with Crippen molar-refractivity contribution in [3.63, 3.8) is 0 Å². The van der Waals surface area contributed by atoms with Gasteiger partial charge in [0.2, 0.25) is 0 Å². The SMILES string of the molecule is c1ccc(-c2nc(-c3ccc4c(c3)C3(c5ccccc5-4)c4ccccc4-c4cccc5cccc3c45)nc(-c3cccc4oc5ccccc5c34)n2)cc1. The first kappa shape index (κ1) is 29.4. The van der Waals surface area contributed by atoms with Crippen LogP contribution in [0.4, 0.5) is 0 Å². The van der Waals surface area contributed by atoms with Crippen LogP contribution >= 0.6 is 0 Å². The molecule has 1 atom stereocenters. The molecule has 4 heteroatoms. The molecular formula is C50H29N3O. The predicted molar refractivity (Wildman–Crippen MR) is 217 cm³/mol. The van der Waals surface area contributed by atoms with Gasteiger partial charge in [-0.2, -0.15) is 0 Å². The molecule has 0 amide bonds. The first-order chi connectivity index (χ1) is 26.8. The zero-order valence-electron chi connectivity index (χ0n) is 29.0. The van der Waals surface area contributed by atoms with Gasteiger partial charge >= 0.3 is 0 Å². The maximum atomic E-state index is 6.30. The molecular weight excluding hydrogens is 659 g/mol. The summed E-state index contributed by atoms with van der Waals surface area (Å²) in [7, 11) is 0. The molecule has 2 aromatic heterocycles. The molecule has 0 saturated carbocycles. The molecule has 8 aromatic carbocycles. The average molecular weight is 688 g/mol. The fourth-order valence-corrected chi connectivity index (χ4v) is 9.37. The van der Waals surface area contributed by atoms with E-state index in [4.69, 9.17) is 19.4 Å². The standard InChI is InChI=1S/C50H29N3O/c1-2-13-31(14-3-1)47-51-48(53-49(52-47)38-21-12-26-44-46(38)37-19-6-9-25-43(37)54-44)32-27-28-35-33-17-4-7-22-39(33)50(42(35)29-32)40-23-8-5-18-34(40)36-20-10-15-30-16-11-24-41(50)45(30)36/h1-29H. The second-order valence-corrected chi connectivity index (χ2v) is 14.3. The van der Waals surface area contributed by atoms with Crippen LogP contribution in [0.5, 0.6) is 0 Å². The van der Waals surface area contributed by atoms with E-state index in [-0.39, 0.29) is 0 Å². The second kappa shape index (κ2) is 10.9. The van der Waals surface area contributed by atoms with E-state index in [0.29, 0.717) is 17.5 Å². The van der Waals surface area contributed by atoms with E-state index in [9.17, 15) is 0 Å². The third kappa shape index (κ3) is 3.89. The summed E-state index contributed by atoms with van der Waals surface area (Å²) in [5, 5.41) is 4.59. The Hall–Kier alpha value is -7.17. The Kier molecular flexibility index (Phi) is 5.95. The number of benzene rings is 8. The van der Waals surface area contributed by atoms with Gasteiger partial charge in [0, 0.05) is 27.5 Å². The van der Waals surface area contributed by atoms with Crippen LogP contribution in [0.25, 0.3) is 89.1 Å². The zero-order valence-corrected chi connectivity index (χ0v) is 29.0. The molecule has 0 aliphatic heterocycles. The summed E-state index contributed by atoms with van der Waals surface area (Å²) in [4.78, 5) is 15.7. The molecule has 0 N–H and O–H groups in total. The maximum Gasteiger partial charge on any atom is 0.164 e. The van der Waals surface area contributed by atoms with Crippen molar-refractivity contribution in [1.82, 2.24) is 15.0 Å². The van der Waals surface area contributed by atoms with Gasteiger partial charge in [-0.3, -0.25) is 0 Å². The molecule has 250 valence electrons. The minimum atomic E-state index is -0.536. The predicted octanol–water partition coefficient (Wildman–Crippen LogP) is 12.3. The van der Waals surface area contributed by atoms with Gasteiger partial charge in [0.05, 0.1) is 5.41 Å². The number of rotatable bonds is 3. The largest absolute Gasteiger partial charge is 0.456 e. The topological polar surface area (TPSA) is 51.8 Å². The molecule has 0 fully saturated rings. The number of fused-ring (bicyclic) bond motifs is 12. The van der Waals surface area contributed by atoms with Crippen LogP contribution in [0.2, 0.25) is 0 Å². The Balaban J connectivity index is 1.16. The van der Waals surface area contributed by atoms with Crippen molar-refractivity contribution in [3.8, 4) is 56.4 Å². The maximum absolute atomic E-state index is 6.30. The van der Waals surface area contributed by atoms with Gasteiger partial charge in [0.25, 0.3) is 0 Å². The van der Waals surface area contributed by atoms with E-state index >= 15 is 0 Å². The van der Waals surface area contributed by atoms with Crippen molar-refractivity contribution in [1.29, 1.82) is 0 Å². The lowest BCUT2D eigenvalue weighted by Gasteiger charge is -2.40. The molecule has 2 aliphatic carbocycles. The lowest BCUT2D eigenvalue weighted by atomic mass is 9.61. The summed E-state index contributed by atoms with van der Waals surface area (Å²) in [6.45, 7) is 0. The number of para-hydroxylation sites is 1. The smallest absolute Gasteiger partial charge is 0.164 e. The molecule has 2 heterocycles. The van der Waals surface area contributed by atoms with Crippen molar-refractivity contribution in [3.05, 3.63) is 198 Å². The highest BCUT2D eigenvalue weighted by Gasteiger charge is 2.50. The summed E-state index contributed by atoms with van der Waals surface area (Å²) in [5.74, 6) is 1.86. The Morgan fingerprint density at radius 3 is 1.76 bits per heavy atom. The van der Waals surface area contributed by atoms with Crippen LogP contribution in [0.3, 0.4) is 0 Å². The van der Waals surface area contributed by atoms with Crippen molar-refractivity contribution >= 4 is 32.7 Å².